The van der Waals surface area contributed by atoms with Crippen molar-refractivity contribution in [3.8, 4) is 0 Å². The van der Waals surface area contributed by atoms with Crippen molar-refractivity contribution >= 4 is 23.0 Å². The van der Waals surface area contributed by atoms with Crippen molar-refractivity contribution in [1.82, 2.24) is 0 Å². The van der Waals surface area contributed by atoms with Gasteiger partial charge in [0, 0.05) is 19.0 Å². The molecule has 102 valence electrons. The number of rotatable bonds is 7. The van der Waals surface area contributed by atoms with Gasteiger partial charge in [0.15, 0.2) is 0 Å². The summed E-state index contributed by atoms with van der Waals surface area (Å²) in [5.74, 6) is -0.458. The number of nitrogens with two attached hydrogens (primary N) is 1. The van der Waals surface area contributed by atoms with E-state index in [1.54, 1.807) is 0 Å². The standard InChI is InChI=1S/C10H12N4O5/c11-10(15)2-1-5-12-8-4-3-7(13(16)17)6-9(8)14(18)19/h3-4,6,12H,1-2,5H2,(H2,11,15). The molecule has 0 spiro atoms. The molecule has 0 bridgehead atoms. The summed E-state index contributed by atoms with van der Waals surface area (Å²) in [7, 11) is 0. The van der Waals surface area contributed by atoms with Gasteiger partial charge in [-0.1, -0.05) is 0 Å². The molecule has 0 aliphatic carbocycles. The number of hydrogen-bond acceptors (Lipinski definition) is 6. The van der Waals surface area contributed by atoms with Crippen LogP contribution in [0.2, 0.25) is 0 Å². The van der Waals surface area contributed by atoms with Crippen LogP contribution in [0.1, 0.15) is 12.8 Å². The highest BCUT2D eigenvalue weighted by molar-refractivity contribution is 5.73. The van der Waals surface area contributed by atoms with Crippen LogP contribution >= 0.6 is 0 Å². The van der Waals surface area contributed by atoms with E-state index in [9.17, 15) is 25.0 Å². The molecule has 0 unspecified atom stereocenters. The molecule has 9 heteroatoms. The van der Waals surface area contributed by atoms with Crippen LogP contribution in [0.3, 0.4) is 0 Å². The second-order valence-electron chi connectivity index (χ2n) is 3.71. The molecule has 1 rings (SSSR count). The van der Waals surface area contributed by atoms with Crippen molar-refractivity contribution in [1.29, 1.82) is 0 Å². The monoisotopic (exact) mass is 268 g/mol. The highest BCUT2D eigenvalue weighted by atomic mass is 16.6. The number of anilines is 1. The number of amides is 1. The van der Waals surface area contributed by atoms with Gasteiger partial charge in [0.05, 0.1) is 15.9 Å². The van der Waals surface area contributed by atoms with Gasteiger partial charge in [0.2, 0.25) is 5.91 Å². The second-order valence-corrected chi connectivity index (χ2v) is 3.71. The fraction of sp³-hybridized carbons (Fsp3) is 0.300. The predicted molar refractivity (Wildman–Crippen MR) is 66.7 cm³/mol. The summed E-state index contributed by atoms with van der Waals surface area (Å²) in [5.41, 5.74) is 4.39. The first-order chi connectivity index (χ1) is 8.91. The topological polar surface area (TPSA) is 141 Å². The lowest BCUT2D eigenvalue weighted by molar-refractivity contribution is -0.393. The molecule has 19 heavy (non-hydrogen) atoms. The van der Waals surface area contributed by atoms with Crippen LogP contribution in [0, 0.1) is 20.2 Å². The molecule has 0 aliphatic rings. The summed E-state index contributed by atoms with van der Waals surface area (Å²) in [6.45, 7) is 0.307. The Morgan fingerprint density at radius 1 is 1.26 bits per heavy atom. The molecule has 0 saturated heterocycles. The first-order valence-corrected chi connectivity index (χ1v) is 5.37. The normalized spacial score (nSPS) is 9.89. The van der Waals surface area contributed by atoms with Crippen LogP contribution < -0.4 is 11.1 Å². The average Bonchev–Trinajstić information content (AvgIpc) is 2.34. The van der Waals surface area contributed by atoms with Crippen molar-refractivity contribution in [3.05, 3.63) is 38.4 Å². The molecule has 0 heterocycles. The minimum atomic E-state index is -0.705. The number of hydrogen-bond donors (Lipinski definition) is 2. The van der Waals surface area contributed by atoms with Crippen LogP contribution in [-0.2, 0) is 4.79 Å². The zero-order valence-electron chi connectivity index (χ0n) is 9.87. The lowest BCUT2D eigenvalue weighted by Gasteiger charge is -2.06. The molecule has 1 amide bonds. The van der Waals surface area contributed by atoms with E-state index in [1.807, 2.05) is 0 Å². The molecule has 0 aromatic heterocycles. The summed E-state index contributed by atoms with van der Waals surface area (Å²) < 4.78 is 0. The fourth-order valence-corrected chi connectivity index (χ4v) is 1.42. The predicted octanol–water partition coefficient (Wildman–Crippen LogP) is 1.18. The summed E-state index contributed by atoms with van der Waals surface area (Å²) >= 11 is 0. The van der Waals surface area contributed by atoms with Gasteiger partial charge in [-0.2, -0.15) is 0 Å². The van der Waals surface area contributed by atoms with Crippen LogP contribution in [0.4, 0.5) is 17.1 Å². The number of benzene rings is 1. The molecule has 0 saturated carbocycles. The lowest BCUT2D eigenvalue weighted by Crippen LogP contribution is -2.13. The summed E-state index contributed by atoms with van der Waals surface area (Å²) in [6.07, 6.45) is 0.581. The van der Waals surface area contributed by atoms with Gasteiger partial charge in [-0.15, -0.1) is 0 Å². The number of non-ortho nitro benzene ring substituents is 1. The number of nitro benzene ring substituents is 2. The van der Waals surface area contributed by atoms with Crippen molar-refractivity contribution in [2.24, 2.45) is 5.73 Å². The Kier molecular flexibility index (Phi) is 4.75. The first kappa shape index (κ1) is 14.4. The Bertz CT molecular complexity index is 517. The third-order valence-electron chi connectivity index (χ3n) is 2.30. The molecule has 0 fully saturated rings. The highest BCUT2D eigenvalue weighted by Crippen LogP contribution is 2.28. The van der Waals surface area contributed by atoms with E-state index >= 15 is 0 Å². The smallest absolute Gasteiger partial charge is 0.299 e. The SMILES string of the molecule is NC(=O)CCCNc1ccc([N+](=O)[O-])cc1[N+](=O)[O-]. The van der Waals surface area contributed by atoms with E-state index in [4.69, 9.17) is 5.73 Å². The molecule has 0 atom stereocenters. The summed E-state index contributed by atoms with van der Waals surface area (Å²) in [6, 6.07) is 3.32. The first-order valence-electron chi connectivity index (χ1n) is 5.37. The largest absolute Gasteiger partial charge is 0.379 e. The van der Waals surface area contributed by atoms with Gasteiger partial charge in [-0.05, 0) is 12.5 Å². The second kappa shape index (κ2) is 6.28. The summed E-state index contributed by atoms with van der Waals surface area (Å²) in [5, 5.41) is 24.1. The fourth-order valence-electron chi connectivity index (χ4n) is 1.42. The van der Waals surface area contributed by atoms with E-state index in [0.717, 1.165) is 6.07 Å². The van der Waals surface area contributed by atoms with Gasteiger partial charge in [0.25, 0.3) is 11.4 Å². The van der Waals surface area contributed by atoms with Crippen molar-refractivity contribution < 1.29 is 14.6 Å². The van der Waals surface area contributed by atoms with E-state index in [1.165, 1.54) is 12.1 Å². The van der Waals surface area contributed by atoms with E-state index in [0.29, 0.717) is 13.0 Å². The zero-order valence-corrected chi connectivity index (χ0v) is 9.87. The van der Waals surface area contributed by atoms with Gasteiger partial charge in [-0.25, -0.2) is 0 Å². The van der Waals surface area contributed by atoms with Gasteiger partial charge >= 0.3 is 0 Å². The molecule has 1 aromatic carbocycles. The number of carbonyl (C=O) groups is 1. The van der Waals surface area contributed by atoms with Crippen LogP contribution in [0.5, 0.6) is 0 Å². The lowest BCUT2D eigenvalue weighted by atomic mass is 10.2. The Labute approximate surface area is 107 Å². The summed E-state index contributed by atoms with van der Waals surface area (Å²) in [4.78, 5) is 30.4. The Balaban J connectivity index is 2.79. The van der Waals surface area contributed by atoms with Gasteiger partial charge in [0.1, 0.15) is 5.69 Å². The van der Waals surface area contributed by atoms with Crippen molar-refractivity contribution in [2.75, 3.05) is 11.9 Å². The minimum absolute atomic E-state index is 0.160. The number of nitro groups is 2. The van der Waals surface area contributed by atoms with Crippen LogP contribution in [0.25, 0.3) is 0 Å². The molecular formula is C10H12N4O5. The van der Waals surface area contributed by atoms with E-state index < -0.39 is 15.8 Å². The highest BCUT2D eigenvalue weighted by Gasteiger charge is 2.18. The Morgan fingerprint density at radius 2 is 1.95 bits per heavy atom. The molecule has 1 aromatic rings. The van der Waals surface area contributed by atoms with Gasteiger partial charge < -0.3 is 11.1 Å². The number of carbonyl (C=O) groups excluding carboxylic acids is 1. The number of primary amides is 1. The quantitative estimate of drug-likeness (QED) is 0.432. The van der Waals surface area contributed by atoms with E-state index in [-0.39, 0.29) is 23.5 Å². The molecular weight excluding hydrogens is 256 g/mol. The maximum absolute atomic E-state index is 10.8. The van der Waals surface area contributed by atoms with Crippen molar-refractivity contribution in [3.63, 3.8) is 0 Å². The number of nitrogens with zero attached hydrogens (tertiary/aromatic N) is 2. The van der Waals surface area contributed by atoms with Crippen LogP contribution in [0.15, 0.2) is 18.2 Å². The minimum Gasteiger partial charge on any atom is -0.379 e. The third-order valence-corrected chi connectivity index (χ3v) is 2.30. The maximum Gasteiger partial charge on any atom is 0.299 e. The Morgan fingerprint density at radius 3 is 2.47 bits per heavy atom. The Hall–Kier alpha value is -2.71. The zero-order chi connectivity index (χ0) is 14.4. The molecule has 3 N–H and O–H groups in total. The third kappa shape index (κ3) is 4.22. The van der Waals surface area contributed by atoms with Crippen LogP contribution in [-0.4, -0.2) is 22.3 Å². The van der Waals surface area contributed by atoms with E-state index in [2.05, 4.69) is 5.32 Å². The number of nitrogens with one attached hydrogen (secondary N) is 1. The molecule has 9 nitrogen and oxygen atoms in total. The maximum atomic E-state index is 10.8. The average molecular weight is 268 g/mol. The molecule has 0 radical (unpaired) electrons. The molecule has 0 aliphatic heterocycles. The van der Waals surface area contributed by atoms with Gasteiger partial charge in [-0.3, -0.25) is 25.0 Å². The van der Waals surface area contributed by atoms with Crippen molar-refractivity contribution in [2.45, 2.75) is 12.8 Å².